The van der Waals surface area contributed by atoms with Gasteiger partial charge in [-0.1, -0.05) is 0 Å². The number of nitrogens with zero attached hydrogens (tertiary/aromatic N) is 1. The second-order valence-electron chi connectivity index (χ2n) is 4.73. The Morgan fingerprint density at radius 2 is 2.45 bits per heavy atom. The van der Waals surface area contributed by atoms with E-state index >= 15 is 0 Å². The fourth-order valence-electron chi connectivity index (χ4n) is 2.17. The number of carboxylic acids is 1. The van der Waals surface area contributed by atoms with Gasteiger partial charge in [0.15, 0.2) is 0 Å². The number of methoxy groups -OCH3 is 1. The van der Waals surface area contributed by atoms with Gasteiger partial charge in [-0.25, -0.2) is 9.78 Å². The number of carboxylic acid groups (broad SMARTS) is 1. The summed E-state index contributed by atoms with van der Waals surface area (Å²) in [6, 6.07) is -1.39. The van der Waals surface area contributed by atoms with E-state index in [0.29, 0.717) is 18.7 Å². The number of hydrogen-bond donors (Lipinski definition) is 4. The quantitative estimate of drug-likeness (QED) is 0.526. The highest BCUT2D eigenvalue weighted by atomic mass is 16.5. The van der Waals surface area contributed by atoms with E-state index in [1.165, 1.54) is 12.5 Å². The molecule has 1 fully saturated rings. The van der Waals surface area contributed by atoms with Crippen LogP contribution in [0.5, 0.6) is 0 Å². The Morgan fingerprint density at radius 3 is 3.00 bits per heavy atom. The van der Waals surface area contributed by atoms with Crippen LogP contribution in [0.15, 0.2) is 12.5 Å². The van der Waals surface area contributed by atoms with Crippen LogP contribution in [0.2, 0.25) is 0 Å². The number of rotatable bonds is 6. The van der Waals surface area contributed by atoms with Crippen LogP contribution in [-0.2, 0) is 20.7 Å². The van der Waals surface area contributed by atoms with Crippen molar-refractivity contribution in [2.75, 3.05) is 13.7 Å². The molecule has 0 aliphatic carbocycles. The summed E-state index contributed by atoms with van der Waals surface area (Å²) in [7, 11) is 1.59. The minimum atomic E-state index is -1.07. The maximum absolute atomic E-state index is 12.0. The zero-order valence-corrected chi connectivity index (χ0v) is 11.1. The highest BCUT2D eigenvalue weighted by Crippen LogP contribution is 2.10. The number of carbonyl (C=O) groups is 2. The van der Waals surface area contributed by atoms with Crippen molar-refractivity contribution < 1.29 is 19.4 Å². The van der Waals surface area contributed by atoms with Crippen molar-refractivity contribution >= 4 is 11.9 Å². The van der Waals surface area contributed by atoms with Crippen LogP contribution in [-0.4, -0.2) is 58.8 Å². The first kappa shape index (κ1) is 14.5. The molecule has 0 saturated carbocycles. The van der Waals surface area contributed by atoms with E-state index in [0.717, 1.165) is 0 Å². The Bertz CT molecular complexity index is 462. The van der Waals surface area contributed by atoms with Crippen LogP contribution in [0.3, 0.4) is 0 Å². The van der Waals surface area contributed by atoms with Crippen LogP contribution in [0.1, 0.15) is 12.1 Å². The molecule has 2 heterocycles. The Balaban J connectivity index is 1.91. The molecule has 1 aliphatic rings. The molecule has 1 aromatic rings. The van der Waals surface area contributed by atoms with Crippen molar-refractivity contribution in [3.63, 3.8) is 0 Å². The van der Waals surface area contributed by atoms with Crippen LogP contribution >= 0.6 is 0 Å². The van der Waals surface area contributed by atoms with Gasteiger partial charge in [-0.3, -0.25) is 4.79 Å². The van der Waals surface area contributed by atoms with Gasteiger partial charge in [0.1, 0.15) is 6.04 Å². The third-order valence-electron chi connectivity index (χ3n) is 3.33. The van der Waals surface area contributed by atoms with Crippen molar-refractivity contribution in [1.82, 2.24) is 20.6 Å². The lowest BCUT2D eigenvalue weighted by atomic mass is 10.1. The number of imidazole rings is 1. The first-order valence-corrected chi connectivity index (χ1v) is 6.36. The van der Waals surface area contributed by atoms with Gasteiger partial charge in [0.25, 0.3) is 0 Å². The maximum atomic E-state index is 12.0. The molecule has 1 amide bonds. The van der Waals surface area contributed by atoms with E-state index in [1.807, 2.05) is 0 Å². The van der Waals surface area contributed by atoms with Crippen molar-refractivity contribution in [2.24, 2.45) is 0 Å². The average Bonchev–Trinajstić information content (AvgIpc) is 3.08. The molecule has 8 nitrogen and oxygen atoms in total. The molecule has 1 aromatic heterocycles. The van der Waals surface area contributed by atoms with Gasteiger partial charge in [0, 0.05) is 32.0 Å². The molecule has 0 bridgehead atoms. The van der Waals surface area contributed by atoms with E-state index in [4.69, 9.17) is 9.84 Å². The normalized spacial score (nSPS) is 23.4. The molecule has 0 radical (unpaired) electrons. The number of H-pyrrole nitrogens is 1. The Morgan fingerprint density at radius 1 is 1.65 bits per heavy atom. The van der Waals surface area contributed by atoms with Gasteiger partial charge in [-0.2, -0.15) is 0 Å². The van der Waals surface area contributed by atoms with Gasteiger partial charge >= 0.3 is 5.97 Å². The largest absolute Gasteiger partial charge is 0.480 e. The van der Waals surface area contributed by atoms with Gasteiger partial charge in [0.05, 0.1) is 18.5 Å². The van der Waals surface area contributed by atoms with E-state index in [1.54, 1.807) is 7.11 Å². The number of amides is 1. The predicted molar refractivity (Wildman–Crippen MR) is 69.1 cm³/mol. The van der Waals surface area contributed by atoms with Crippen LogP contribution in [0, 0.1) is 0 Å². The third-order valence-corrected chi connectivity index (χ3v) is 3.33. The lowest BCUT2D eigenvalue weighted by Crippen LogP contribution is -2.49. The summed E-state index contributed by atoms with van der Waals surface area (Å²) in [5, 5.41) is 14.7. The monoisotopic (exact) mass is 282 g/mol. The molecule has 4 N–H and O–H groups in total. The molecular weight excluding hydrogens is 264 g/mol. The lowest BCUT2D eigenvalue weighted by Gasteiger charge is -2.17. The number of aromatic nitrogens is 2. The molecule has 2 rings (SSSR count). The van der Waals surface area contributed by atoms with Gasteiger partial charge in [-0.15, -0.1) is 0 Å². The Hall–Kier alpha value is -1.93. The highest BCUT2D eigenvalue weighted by molar-refractivity contribution is 5.87. The second kappa shape index (κ2) is 6.49. The topological polar surface area (TPSA) is 116 Å². The summed E-state index contributed by atoms with van der Waals surface area (Å²) in [6.07, 6.45) is 3.70. The molecule has 20 heavy (non-hydrogen) atoms. The number of aliphatic carboxylic acids is 1. The van der Waals surface area contributed by atoms with Crippen molar-refractivity contribution in [2.45, 2.75) is 31.0 Å². The number of hydrogen-bond acceptors (Lipinski definition) is 5. The minimum Gasteiger partial charge on any atom is -0.480 e. The van der Waals surface area contributed by atoms with E-state index in [2.05, 4.69) is 20.6 Å². The minimum absolute atomic E-state index is 0.0124. The van der Waals surface area contributed by atoms with Crippen LogP contribution in [0.25, 0.3) is 0 Å². The highest BCUT2D eigenvalue weighted by Gasteiger charge is 2.31. The number of nitrogens with one attached hydrogen (secondary N) is 3. The summed E-state index contributed by atoms with van der Waals surface area (Å²) in [5.41, 5.74) is 0.659. The molecule has 8 heteroatoms. The van der Waals surface area contributed by atoms with E-state index in [9.17, 15) is 9.59 Å². The molecule has 3 atom stereocenters. The summed E-state index contributed by atoms with van der Waals surface area (Å²) >= 11 is 0. The van der Waals surface area contributed by atoms with Crippen molar-refractivity contribution in [3.8, 4) is 0 Å². The number of ether oxygens (including phenoxy) is 1. The molecule has 1 aliphatic heterocycles. The summed E-state index contributed by atoms with van der Waals surface area (Å²) in [6.45, 7) is 0.590. The Labute approximate surface area is 115 Å². The van der Waals surface area contributed by atoms with Crippen molar-refractivity contribution in [3.05, 3.63) is 18.2 Å². The third kappa shape index (κ3) is 3.55. The zero-order chi connectivity index (χ0) is 14.5. The molecule has 110 valence electrons. The summed E-state index contributed by atoms with van der Waals surface area (Å²) in [4.78, 5) is 29.9. The Kier molecular flexibility index (Phi) is 4.70. The van der Waals surface area contributed by atoms with Crippen molar-refractivity contribution in [1.29, 1.82) is 0 Å². The van der Waals surface area contributed by atoms with Gasteiger partial charge < -0.3 is 25.5 Å². The molecule has 0 aromatic carbocycles. The van der Waals surface area contributed by atoms with Crippen LogP contribution < -0.4 is 10.6 Å². The first-order chi connectivity index (χ1) is 9.60. The summed E-state index contributed by atoms with van der Waals surface area (Å²) < 4.78 is 5.16. The molecule has 2 unspecified atom stereocenters. The second-order valence-corrected chi connectivity index (χ2v) is 4.73. The summed E-state index contributed by atoms with van der Waals surface area (Å²) in [5.74, 6) is -1.40. The average molecular weight is 282 g/mol. The van der Waals surface area contributed by atoms with E-state index in [-0.39, 0.29) is 18.4 Å². The lowest BCUT2D eigenvalue weighted by molar-refractivity contribution is -0.142. The molecular formula is C12H18N4O4. The molecule has 0 spiro atoms. The fourth-order valence-corrected chi connectivity index (χ4v) is 2.17. The number of carbonyl (C=O) groups excluding carboxylic acids is 1. The van der Waals surface area contributed by atoms with Gasteiger partial charge in [-0.05, 0) is 6.42 Å². The van der Waals surface area contributed by atoms with Crippen LogP contribution in [0.4, 0.5) is 0 Å². The number of aromatic amines is 1. The fraction of sp³-hybridized carbons (Fsp3) is 0.583. The smallest absolute Gasteiger partial charge is 0.326 e. The standard InChI is InChI=1S/C12H18N4O4/c1-20-8-3-9(14-5-8)11(17)16-10(12(18)19)2-7-4-13-6-15-7/h4,6,8-10,14H,2-3,5H2,1H3,(H,13,15)(H,16,17)(H,18,19)/t8?,9?,10-/m1/s1. The zero-order valence-electron chi connectivity index (χ0n) is 11.1. The molecule has 1 saturated heterocycles. The predicted octanol–water partition coefficient (Wildman–Crippen LogP) is -1.10. The SMILES string of the molecule is COC1CNC(C(=O)N[C@H](Cc2cnc[nH]2)C(=O)O)C1. The van der Waals surface area contributed by atoms with E-state index < -0.39 is 18.1 Å². The maximum Gasteiger partial charge on any atom is 0.326 e. The first-order valence-electron chi connectivity index (χ1n) is 6.36. The van der Waals surface area contributed by atoms with Gasteiger partial charge in [0.2, 0.25) is 5.91 Å².